The van der Waals surface area contributed by atoms with Gasteiger partial charge in [0, 0.05) is 0 Å². The summed E-state index contributed by atoms with van der Waals surface area (Å²) >= 11 is -1.77. The zero-order chi connectivity index (χ0) is 21.7. The first-order valence-electron chi connectivity index (χ1n) is 8.40. The van der Waals surface area contributed by atoms with Crippen molar-refractivity contribution < 1.29 is 62.7 Å². The second kappa shape index (κ2) is 18.4. The van der Waals surface area contributed by atoms with Crippen molar-refractivity contribution in [2.45, 2.75) is 25.7 Å². The third kappa shape index (κ3) is 18.2. The van der Waals surface area contributed by atoms with Crippen molar-refractivity contribution in [1.82, 2.24) is 0 Å². The van der Waals surface area contributed by atoms with Gasteiger partial charge in [-0.05, 0) is 0 Å². The minimum atomic E-state index is -1.77. The SMILES string of the molecule is C#CCOC(=O)CCC(=O)OCC#[C][Hg][C]#CCOC(=O)CCC(=O)OCC#C. The quantitative estimate of drug-likeness (QED) is 0.152. The van der Waals surface area contributed by atoms with Crippen LogP contribution in [0.1, 0.15) is 25.7 Å². The van der Waals surface area contributed by atoms with Crippen LogP contribution in [0.25, 0.3) is 0 Å². The van der Waals surface area contributed by atoms with Crippen molar-refractivity contribution in [3.8, 4) is 43.4 Å². The minimum absolute atomic E-state index is 0.0787. The summed E-state index contributed by atoms with van der Waals surface area (Å²) in [6.07, 6.45) is 9.43. The number of carbonyl (C=O) groups is 4. The summed E-state index contributed by atoms with van der Waals surface area (Å²) in [7, 11) is 0. The molecular formula is C20H18HgO8. The van der Waals surface area contributed by atoms with Crippen LogP contribution in [0.4, 0.5) is 0 Å². The summed E-state index contributed by atoms with van der Waals surface area (Å²) in [6, 6.07) is 0. The Morgan fingerprint density at radius 1 is 0.586 bits per heavy atom. The fourth-order valence-corrected chi connectivity index (χ4v) is 3.55. The normalized spacial score (nSPS) is 8.21. The molecule has 9 heteroatoms. The Balaban J connectivity index is 3.77. The molecule has 0 radical (unpaired) electrons. The van der Waals surface area contributed by atoms with Crippen LogP contribution in [0.2, 0.25) is 0 Å². The molecule has 0 fully saturated rings. The second-order valence-electron chi connectivity index (χ2n) is 4.93. The van der Waals surface area contributed by atoms with E-state index in [9.17, 15) is 19.2 Å². The van der Waals surface area contributed by atoms with Crippen LogP contribution in [0.15, 0.2) is 0 Å². The third-order valence-electron chi connectivity index (χ3n) is 2.74. The zero-order valence-electron chi connectivity index (χ0n) is 15.8. The van der Waals surface area contributed by atoms with Gasteiger partial charge >= 0.3 is 182 Å². The summed E-state index contributed by atoms with van der Waals surface area (Å²) < 4.78 is 24.6. The van der Waals surface area contributed by atoms with E-state index in [1.807, 2.05) is 0 Å². The molecule has 0 aromatic heterocycles. The van der Waals surface area contributed by atoms with Gasteiger partial charge in [0.1, 0.15) is 0 Å². The number of hydrogen-bond donors (Lipinski definition) is 0. The van der Waals surface area contributed by atoms with E-state index >= 15 is 0 Å². The predicted molar refractivity (Wildman–Crippen MR) is 95.5 cm³/mol. The van der Waals surface area contributed by atoms with Crippen molar-refractivity contribution in [3.05, 3.63) is 0 Å². The molecule has 0 amide bonds. The van der Waals surface area contributed by atoms with E-state index in [0.717, 1.165) is 0 Å². The maximum absolute atomic E-state index is 11.4. The number of rotatable bonds is 10. The Kier molecular flexibility index (Phi) is 16.5. The van der Waals surface area contributed by atoms with E-state index in [0.29, 0.717) is 0 Å². The van der Waals surface area contributed by atoms with Crippen molar-refractivity contribution in [2.75, 3.05) is 26.4 Å². The molecule has 0 saturated heterocycles. The molecule has 0 N–H and O–H groups in total. The molecule has 0 atom stereocenters. The second-order valence-corrected chi connectivity index (χ2v) is 9.06. The van der Waals surface area contributed by atoms with Gasteiger partial charge in [-0.15, -0.1) is 0 Å². The van der Waals surface area contributed by atoms with Crippen LogP contribution >= 0.6 is 0 Å². The van der Waals surface area contributed by atoms with Crippen LogP contribution in [0, 0.1) is 43.4 Å². The molecule has 29 heavy (non-hydrogen) atoms. The van der Waals surface area contributed by atoms with E-state index in [1.54, 1.807) is 0 Å². The number of hydrogen-bond acceptors (Lipinski definition) is 8. The summed E-state index contributed by atoms with van der Waals surface area (Å²) in [5.41, 5.74) is 0. The molecule has 0 aromatic rings. The Labute approximate surface area is 181 Å². The fraction of sp³-hybridized carbons (Fsp3) is 0.400. The van der Waals surface area contributed by atoms with Gasteiger partial charge in [-0.3, -0.25) is 0 Å². The molecule has 148 valence electrons. The van der Waals surface area contributed by atoms with Crippen molar-refractivity contribution >= 4 is 23.9 Å². The Bertz CT molecular complexity index is 714. The van der Waals surface area contributed by atoms with Gasteiger partial charge in [-0.1, -0.05) is 0 Å². The van der Waals surface area contributed by atoms with Crippen molar-refractivity contribution in [1.29, 1.82) is 0 Å². The van der Waals surface area contributed by atoms with Crippen LogP contribution in [-0.2, 0) is 62.7 Å². The molecule has 0 saturated carbocycles. The Morgan fingerprint density at radius 3 is 1.21 bits per heavy atom. The average molecular weight is 587 g/mol. The molecular weight excluding hydrogens is 569 g/mol. The first kappa shape index (κ1) is 26.1. The fourth-order valence-electron chi connectivity index (χ4n) is 1.45. The summed E-state index contributed by atoms with van der Waals surface area (Å²) in [5.74, 6) is 7.38. The van der Waals surface area contributed by atoms with Gasteiger partial charge in [-0.2, -0.15) is 0 Å². The standard InChI is InChI=1S/2C10H9O4.Hg/c2*1-3-7-13-9(11)5-6-10(12)14-8-4-2;/h2*1H,5-8H2;. The van der Waals surface area contributed by atoms with E-state index in [-0.39, 0.29) is 52.1 Å². The van der Waals surface area contributed by atoms with Gasteiger partial charge < -0.3 is 0 Å². The van der Waals surface area contributed by atoms with E-state index < -0.39 is 48.5 Å². The summed E-state index contributed by atoms with van der Waals surface area (Å²) in [6.45, 7) is -0.418. The number of ether oxygens (including phenoxy) is 4. The monoisotopic (exact) mass is 588 g/mol. The van der Waals surface area contributed by atoms with Crippen LogP contribution in [0.3, 0.4) is 0 Å². The van der Waals surface area contributed by atoms with Crippen LogP contribution in [0.5, 0.6) is 0 Å². The maximum atomic E-state index is 11.4. The molecule has 0 bridgehead atoms. The summed E-state index contributed by atoms with van der Waals surface area (Å²) in [5, 5.41) is 0. The van der Waals surface area contributed by atoms with Crippen molar-refractivity contribution in [2.24, 2.45) is 0 Å². The van der Waals surface area contributed by atoms with Gasteiger partial charge in [0.05, 0.1) is 0 Å². The van der Waals surface area contributed by atoms with E-state index in [1.165, 1.54) is 0 Å². The number of esters is 4. The Hall–Kier alpha value is -2.94. The first-order chi connectivity index (χ1) is 14.0. The first-order valence-corrected chi connectivity index (χ1v) is 13.9. The van der Waals surface area contributed by atoms with Gasteiger partial charge in [-0.25, -0.2) is 0 Å². The predicted octanol–water partition coefficient (Wildman–Crippen LogP) is -0.00970. The summed E-state index contributed by atoms with van der Waals surface area (Å²) in [4.78, 5) is 45.0. The molecule has 0 heterocycles. The molecule has 8 nitrogen and oxygen atoms in total. The molecule has 0 aliphatic heterocycles. The number of terminal acetylenes is 2. The molecule has 0 unspecified atom stereocenters. The van der Waals surface area contributed by atoms with E-state index in [4.69, 9.17) is 22.3 Å². The van der Waals surface area contributed by atoms with Gasteiger partial charge in [0.25, 0.3) is 0 Å². The molecule has 0 aromatic carbocycles. The van der Waals surface area contributed by atoms with Gasteiger partial charge in [0.15, 0.2) is 0 Å². The zero-order valence-corrected chi connectivity index (χ0v) is 21.3. The van der Waals surface area contributed by atoms with Crippen molar-refractivity contribution in [3.63, 3.8) is 0 Å². The molecule has 0 aliphatic carbocycles. The molecule has 0 aliphatic rings. The average Bonchev–Trinajstić information content (AvgIpc) is 2.71. The molecule has 0 spiro atoms. The number of carbonyl (C=O) groups excluding carboxylic acids is 4. The van der Waals surface area contributed by atoms with E-state index in [2.05, 4.69) is 40.0 Å². The molecule has 0 rings (SSSR count). The van der Waals surface area contributed by atoms with Crippen LogP contribution < -0.4 is 0 Å². The Morgan fingerprint density at radius 2 is 0.897 bits per heavy atom. The topological polar surface area (TPSA) is 105 Å². The van der Waals surface area contributed by atoms with Gasteiger partial charge in [0.2, 0.25) is 0 Å². The van der Waals surface area contributed by atoms with Crippen LogP contribution in [-0.4, -0.2) is 50.3 Å². The third-order valence-corrected chi connectivity index (χ3v) is 6.06.